The highest BCUT2D eigenvalue weighted by atomic mass is 35.5. The lowest BCUT2D eigenvalue weighted by atomic mass is 10.0. The van der Waals surface area contributed by atoms with E-state index < -0.39 is 23.1 Å². The van der Waals surface area contributed by atoms with E-state index >= 15 is 0 Å². The molecule has 1 heterocycles. The topological polar surface area (TPSA) is 70.1 Å². The van der Waals surface area contributed by atoms with Gasteiger partial charge in [0.1, 0.15) is 5.82 Å². The normalized spacial score (nSPS) is 16.4. The fraction of sp³-hybridized carbons (Fsp3) is 0.409. The van der Waals surface area contributed by atoms with Gasteiger partial charge in [0, 0.05) is 19.1 Å². The van der Waals surface area contributed by atoms with Crippen molar-refractivity contribution in [3.05, 3.63) is 70.0 Å². The molecule has 0 saturated carbocycles. The van der Waals surface area contributed by atoms with Crippen LogP contribution in [0.15, 0.2) is 42.5 Å². The lowest BCUT2D eigenvalue weighted by Crippen LogP contribution is -2.32. The molecule has 0 radical (unpaired) electrons. The van der Waals surface area contributed by atoms with E-state index in [0.717, 1.165) is 37.1 Å². The molecule has 1 fully saturated rings. The van der Waals surface area contributed by atoms with Gasteiger partial charge in [-0.25, -0.2) is 13.4 Å². The molecule has 2 aromatic rings. The van der Waals surface area contributed by atoms with E-state index in [1.165, 1.54) is 17.5 Å². The first-order chi connectivity index (χ1) is 14.9. The van der Waals surface area contributed by atoms with Crippen molar-refractivity contribution in [1.82, 2.24) is 9.21 Å². The lowest BCUT2D eigenvalue weighted by Gasteiger charge is -2.30. The summed E-state index contributed by atoms with van der Waals surface area (Å²) < 4.78 is 41.6. The Labute approximate surface area is 189 Å². The Hall–Kier alpha value is -1.84. The fourth-order valence-electron chi connectivity index (χ4n) is 3.88. The smallest absolute Gasteiger partial charge is 0.337 e. The van der Waals surface area contributed by atoms with E-state index in [9.17, 15) is 17.9 Å². The second kappa shape index (κ2) is 11.2. The van der Waals surface area contributed by atoms with E-state index in [4.69, 9.17) is 16.3 Å². The first-order valence-corrected chi connectivity index (χ1v) is 11.6. The number of nitrogens with zero attached hydrogens (tertiary/aromatic N) is 2. The van der Waals surface area contributed by atoms with Gasteiger partial charge in [-0.1, -0.05) is 29.8 Å². The summed E-state index contributed by atoms with van der Waals surface area (Å²) in [5.74, 6) is -0.889. The number of hydrogen-bond acceptors (Lipinski definition) is 4. The zero-order valence-corrected chi connectivity index (χ0v) is 18.9. The summed E-state index contributed by atoms with van der Waals surface area (Å²) >= 11 is 3.84. The van der Waals surface area contributed by atoms with Crippen LogP contribution in [-0.2, 0) is 22.5 Å². The molecule has 2 unspecified atom stereocenters. The fourth-order valence-corrected chi connectivity index (χ4v) is 4.59. The van der Waals surface area contributed by atoms with Crippen LogP contribution in [0.4, 0.5) is 4.39 Å². The summed E-state index contributed by atoms with van der Waals surface area (Å²) in [6.45, 7) is 2.47. The molecule has 31 heavy (non-hydrogen) atoms. The Kier molecular flexibility index (Phi) is 8.57. The van der Waals surface area contributed by atoms with Crippen LogP contribution in [0.25, 0.3) is 0 Å². The predicted molar refractivity (Wildman–Crippen MR) is 119 cm³/mol. The van der Waals surface area contributed by atoms with Gasteiger partial charge < -0.3 is 4.74 Å². The monoisotopic (exact) mass is 468 g/mol. The third-order valence-corrected chi connectivity index (χ3v) is 6.56. The first-order valence-electron chi connectivity index (χ1n) is 10.1. The molecule has 2 atom stereocenters. The molecule has 3 rings (SSSR count). The summed E-state index contributed by atoms with van der Waals surface area (Å²) in [7, 11) is 1.32. The molecular weight excluding hydrogens is 443 g/mol. The van der Waals surface area contributed by atoms with Crippen molar-refractivity contribution in [3.63, 3.8) is 0 Å². The van der Waals surface area contributed by atoms with Crippen molar-refractivity contribution in [2.75, 3.05) is 26.7 Å². The highest BCUT2D eigenvalue weighted by molar-refractivity contribution is 7.76. The maximum absolute atomic E-state index is 13.6. The number of halogens is 2. The minimum absolute atomic E-state index is 0.0200. The molecule has 1 aliphatic heterocycles. The molecule has 1 N–H and O–H groups in total. The molecule has 0 amide bonds. The lowest BCUT2D eigenvalue weighted by molar-refractivity contribution is 0.0600. The van der Waals surface area contributed by atoms with Crippen LogP contribution in [0.1, 0.15) is 46.8 Å². The van der Waals surface area contributed by atoms with Crippen LogP contribution in [0.5, 0.6) is 0 Å². The minimum Gasteiger partial charge on any atom is -0.465 e. The Morgan fingerprint density at radius 3 is 2.52 bits per heavy atom. The number of ether oxygens (including phenoxy) is 1. The van der Waals surface area contributed by atoms with Gasteiger partial charge in [-0.15, -0.1) is 0 Å². The average molecular weight is 469 g/mol. The number of hydrogen-bond donors (Lipinski definition) is 1. The summed E-state index contributed by atoms with van der Waals surface area (Å²) in [6, 6.07) is 11.5. The highest BCUT2D eigenvalue weighted by Crippen LogP contribution is 2.31. The van der Waals surface area contributed by atoms with Gasteiger partial charge in [-0.2, -0.15) is 4.31 Å². The Balaban J connectivity index is 1.71. The molecule has 168 valence electrons. The maximum atomic E-state index is 13.6. The average Bonchev–Trinajstić information content (AvgIpc) is 3.29. The number of methoxy groups -OCH3 is 1. The van der Waals surface area contributed by atoms with Crippen molar-refractivity contribution in [1.29, 1.82) is 0 Å². The predicted octanol–water partition coefficient (Wildman–Crippen LogP) is 4.43. The van der Waals surface area contributed by atoms with E-state index in [0.29, 0.717) is 18.5 Å². The Morgan fingerprint density at radius 1 is 1.26 bits per heavy atom. The van der Waals surface area contributed by atoms with Crippen LogP contribution in [0, 0.1) is 5.82 Å². The van der Waals surface area contributed by atoms with Gasteiger partial charge >= 0.3 is 5.97 Å². The molecule has 0 bridgehead atoms. The Bertz CT molecular complexity index is 922. The van der Waals surface area contributed by atoms with Crippen LogP contribution < -0.4 is 0 Å². The van der Waals surface area contributed by atoms with Gasteiger partial charge in [-0.3, -0.25) is 9.45 Å². The van der Waals surface area contributed by atoms with E-state index in [2.05, 4.69) is 4.90 Å². The first kappa shape index (κ1) is 23.8. The van der Waals surface area contributed by atoms with Crippen LogP contribution in [0.2, 0.25) is 5.02 Å². The number of rotatable bonds is 9. The quantitative estimate of drug-likeness (QED) is 0.435. The summed E-state index contributed by atoms with van der Waals surface area (Å²) in [6.07, 6.45) is 2.77. The van der Waals surface area contributed by atoms with Crippen LogP contribution >= 0.6 is 11.6 Å². The molecule has 6 nitrogen and oxygen atoms in total. The zero-order chi connectivity index (χ0) is 22.4. The van der Waals surface area contributed by atoms with Crippen molar-refractivity contribution >= 4 is 28.8 Å². The van der Waals surface area contributed by atoms with Gasteiger partial charge in [0.25, 0.3) is 0 Å². The molecular formula is C22H26ClFN2O4S. The standard InChI is InChI=1S/C22H26ClFN2O4S/c1-30-22(27)17-6-4-16(5-7-17)15-26(31(28)29)13-10-21(25-11-2-3-12-25)18-8-9-20(24)19(23)14-18/h4-9,14,21H,2-3,10-13,15H2,1H3,(H,28,29). The van der Waals surface area contributed by atoms with E-state index in [1.807, 2.05) is 0 Å². The van der Waals surface area contributed by atoms with Crippen LogP contribution in [-0.4, -0.2) is 50.7 Å². The van der Waals surface area contributed by atoms with Gasteiger partial charge in [0.05, 0.1) is 17.7 Å². The summed E-state index contributed by atoms with van der Waals surface area (Å²) in [5, 5.41) is 0.0787. The summed E-state index contributed by atoms with van der Waals surface area (Å²) in [4.78, 5) is 13.9. The second-order valence-electron chi connectivity index (χ2n) is 7.50. The molecule has 0 aromatic heterocycles. The molecule has 1 saturated heterocycles. The minimum atomic E-state index is -2.16. The second-order valence-corrected chi connectivity index (χ2v) is 8.89. The van der Waals surface area contributed by atoms with E-state index in [1.54, 1.807) is 36.4 Å². The van der Waals surface area contributed by atoms with Crippen molar-refractivity contribution in [3.8, 4) is 0 Å². The number of likely N-dealkylation sites (tertiary alicyclic amines) is 1. The Morgan fingerprint density at radius 2 is 1.94 bits per heavy atom. The van der Waals surface area contributed by atoms with Crippen molar-refractivity contribution < 1.29 is 22.7 Å². The third-order valence-electron chi connectivity index (χ3n) is 5.52. The third kappa shape index (κ3) is 6.33. The van der Waals surface area contributed by atoms with E-state index in [-0.39, 0.29) is 17.6 Å². The van der Waals surface area contributed by atoms with Crippen LogP contribution in [0.3, 0.4) is 0 Å². The summed E-state index contributed by atoms with van der Waals surface area (Å²) in [5.41, 5.74) is 2.13. The molecule has 9 heteroatoms. The van der Waals surface area contributed by atoms with Gasteiger partial charge in [0.2, 0.25) is 11.3 Å². The molecule has 0 aliphatic carbocycles. The number of carbonyl (C=O) groups excluding carboxylic acids is 1. The molecule has 2 aromatic carbocycles. The van der Waals surface area contributed by atoms with Crippen molar-refractivity contribution in [2.24, 2.45) is 0 Å². The maximum Gasteiger partial charge on any atom is 0.337 e. The number of carbonyl (C=O) groups is 1. The molecule has 0 spiro atoms. The van der Waals surface area contributed by atoms with Gasteiger partial charge in [0.15, 0.2) is 0 Å². The highest BCUT2D eigenvalue weighted by Gasteiger charge is 2.25. The zero-order valence-electron chi connectivity index (χ0n) is 17.3. The number of benzene rings is 2. The largest absolute Gasteiger partial charge is 0.465 e. The van der Waals surface area contributed by atoms with Crippen molar-refractivity contribution in [2.45, 2.75) is 31.8 Å². The SMILES string of the molecule is COC(=O)c1ccc(CN(CCC(c2ccc(F)c(Cl)c2)N2CCCC2)S(=O)O)cc1. The number of esters is 1. The molecule has 1 aliphatic rings. The van der Waals surface area contributed by atoms with Gasteiger partial charge in [-0.05, 0) is 67.7 Å².